The molecule has 0 spiro atoms. The first-order valence-electron chi connectivity index (χ1n) is 6.19. The lowest BCUT2D eigenvalue weighted by atomic mass is 9.77. The van der Waals surface area contributed by atoms with Gasteiger partial charge in [-0.3, -0.25) is 5.84 Å². The predicted molar refractivity (Wildman–Crippen MR) is 68.0 cm³/mol. The molecule has 3 N–H and O–H groups in total. The third kappa shape index (κ3) is 3.32. The van der Waals surface area contributed by atoms with E-state index < -0.39 is 18.1 Å². The standard InChI is InChI=1S/C12H16BrF3N2O/c13-9-4-5-19-11(9)10(18-17)7-2-1-3-8(6-7)12(14,15)16/h4-5,7-8,10,18H,1-3,6,17H2. The van der Waals surface area contributed by atoms with Gasteiger partial charge in [-0.1, -0.05) is 6.42 Å². The summed E-state index contributed by atoms with van der Waals surface area (Å²) in [5.74, 6) is 4.66. The predicted octanol–water partition coefficient (Wildman–Crippen LogP) is 3.92. The van der Waals surface area contributed by atoms with E-state index in [9.17, 15) is 13.2 Å². The Morgan fingerprint density at radius 2 is 2.16 bits per heavy atom. The number of furan rings is 1. The molecule has 1 aromatic heterocycles. The monoisotopic (exact) mass is 340 g/mol. The van der Waals surface area contributed by atoms with Gasteiger partial charge in [0.25, 0.3) is 0 Å². The molecule has 3 atom stereocenters. The van der Waals surface area contributed by atoms with Crippen LogP contribution < -0.4 is 11.3 Å². The Kier molecular flexibility index (Phi) is 4.58. The second-order valence-corrected chi connectivity index (χ2v) is 5.80. The molecule has 0 saturated heterocycles. The lowest BCUT2D eigenvalue weighted by Gasteiger charge is -2.34. The highest BCUT2D eigenvalue weighted by Crippen LogP contribution is 2.44. The van der Waals surface area contributed by atoms with E-state index in [0.29, 0.717) is 18.6 Å². The van der Waals surface area contributed by atoms with Crippen molar-refractivity contribution in [1.29, 1.82) is 0 Å². The van der Waals surface area contributed by atoms with Gasteiger partial charge >= 0.3 is 6.18 Å². The largest absolute Gasteiger partial charge is 0.466 e. The molecule has 1 aliphatic rings. The van der Waals surface area contributed by atoms with Crippen molar-refractivity contribution < 1.29 is 17.6 Å². The van der Waals surface area contributed by atoms with Gasteiger partial charge in [0.15, 0.2) is 0 Å². The van der Waals surface area contributed by atoms with Crippen LogP contribution in [0.15, 0.2) is 21.2 Å². The molecule has 0 radical (unpaired) electrons. The maximum absolute atomic E-state index is 12.8. The van der Waals surface area contributed by atoms with E-state index in [1.165, 1.54) is 6.26 Å². The van der Waals surface area contributed by atoms with E-state index >= 15 is 0 Å². The minimum atomic E-state index is -4.13. The molecule has 1 saturated carbocycles. The minimum Gasteiger partial charge on any atom is -0.466 e. The van der Waals surface area contributed by atoms with E-state index in [2.05, 4.69) is 21.4 Å². The summed E-state index contributed by atoms with van der Waals surface area (Å²) >= 11 is 3.32. The molecule has 1 fully saturated rings. The Hall–Kier alpha value is -0.530. The number of nitrogens with two attached hydrogens (primary N) is 1. The van der Waals surface area contributed by atoms with E-state index in [-0.39, 0.29) is 18.8 Å². The topological polar surface area (TPSA) is 51.2 Å². The highest BCUT2D eigenvalue weighted by atomic mass is 79.9. The van der Waals surface area contributed by atoms with Crippen molar-refractivity contribution in [2.75, 3.05) is 0 Å². The lowest BCUT2D eigenvalue weighted by Crippen LogP contribution is -2.38. The van der Waals surface area contributed by atoms with Gasteiger partial charge in [-0.15, -0.1) is 0 Å². The van der Waals surface area contributed by atoms with Gasteiger partial charge in [-0.05, 0) is 47.2 Å². The molecule has 0 aliphatic heterocycles. The minimum absolute atomic E-state index is 0.0888. The van der Waals surface area contributed by atoms with E-state index in [1.807, 2.05) is 0 Å². The number of hydrogen-bond acceptors (Lipinski definition) is 3. The summed E-state index contributed by atoms with van der Waals surface area (Å²) in [5.41, 5.74) is 2.60. The van der Waals surface area contributed by atoms with E-state index in [1.54, 1.807) is 6.07 Å². The van der Waals surface area contributed by atoms with Crippen LogP contribution in [0.3, 0.4) is 0 Å². The fourth-order valence-electron chi connectivity index (χ4n) is 2.78. The summed E-state index contributed by atoms with van der Waals surface area (Å²) in [6.07, 6.45) is -1.06. The molecule has 1 aliphatic carbocycles. The zero-order valence-electron chi connectivity index (χ0n) is 10.2. The lowest BCUT2D eigenvalue weighted by molar-refractivity contribution is -0.186. The van der Waals surface area contributed by atoms with E-state index in [0.717, 1.165) is 4.47 Å². The van der Waals surface area contributed by atoms with Crippen LogP contribution in [-0.2, 0) is 0 Å². The van der Waals surface area contributed by atoms with Gasteiger partial charge in [0, 0.05) is 0 Å². The molecule has 3 unspecified atom stereocenters. The van der Waals surface area contributed by atoms with Crippen molar-refractivity contribution in [2.24, 2.45) is 17.7 Å². The zero-order valence-corrected chi connectivity index (χ0v) is 11.8. The molecule has 19 heavy (non-hydrogen) atoms. The van der Waals surface area contributed by atoms with Crippen LogP contribution >= 0.6 is 15.9 Å². The number of alkyl halides is 3. The second-order valence-electron chi connectivity index (χ2n) is 4.94. The Bertz CT molecular complexity index is 421. The number of rotatable bonds is 3. The molecule has 1 aromatic rings. The average molecular weight is 341 g/mol. The highest BCUT2D eigenvalue weighted by Gasteiger charge is 2.44. The third-order valence-electron chi connectivity index (χ3n) is 3.76. The maximum atomic E-state index is 12.8. The van der Waals surface area contributed by atoms with Crippen molar-refractivity contribution in [3.63, 3.8) is 0 Å². The summed E-state index contributed by atoms with van der Waals surface area (Å²) in [6, 6.07) is 1.32. The first kappa shape index (κ1) is 14.9. The maximum Gasteiger partial charge on any atom is 0.391 e. The number of hydrogen-bond donors (Lipinski definition) is 2. The van der Waals surface area contributed by atoms with Crippen LogP contribution in [0.5, 0.6) is 0 Å². The summed E-state index contributed by atoms with van der Waals surface area (Å²) < 4.78 is 44.5. The fraction of sp³-hybridized carbons (Fsp3) is 0.667. The smallest absolute Gasteiger partial charge is 0.391 e. The molecule has 0 amide bonds. The van der Waals surface area contributed by atoms with Gasteiger partial charge < -0.3 is 4.42 Å². The molecule has 1 heterocycles. The molecule has 108 valence electrons. The first-order chi connectivity index (χ1) is 8.93. The number of nitrogens with one attached hydrogen (secondary N) is 1. The number of hydrazine groups is 1. The first-order valence-corrected chi connectivity index (χ1v) is 6.98. The van der Waals surface area contributed by atoms with Gasteiger partial charge in [0.2, 0.25) is 0 Å². The van der Waals surface area contributed by atoms with Gasteiger partial charge in [0.1, 0.15) is 5.76 Å². The number of halogens is 4. The van der Waals surface area contributed by atoms with Crippen LogP contribution in [0, 0.1) is 11.8 Å². The SMILES string of the molecule is NNC(c1occc1Br)C1CCCC(C(F)(F)F)C1. The van der Waals surface area contributed by atoms with Crippen molar-refractivity contribution in [3.05, 3.63) is 22.6 Å². The Morgan fingerprint density at radius 1 is 1.42 bits per heavy atom. The van der Waals surface area contributed by atoms with Gasteiger partial charge in [-0.25, -0.2) is 5.43 Å². The fourth-order valence-corrected chi connectivity index (χ4v) is 3.23. The Morgan fingerprint density at radius 3 is 2.68 bits per heavy atom. The van der Waals surface area contributed by atoms with Crippen LogP contribution in [0.1, 0.15) is 37.5 Å². The second kappa shape index (κ2) is 5.85. The zero-order chi connectivity index (χ0) is 14.0. The third-order valence-corrected chi connectivity index (χ3v) is 4.41. The highest BCUT2D eigenvalue weighted by molar-refractivity contribution is 9.10. The van der Waals surface area contributed by atoms with Crippen LogP contribution in [0.25, 0.3) is 0 Å². The molecule has 0 aromatic carbocycles. The van der Waals surface area contributed by atoms with Gasteiger partial charge in [0.05, 0.1) is 22.7 Å². The summed E-state index contributed by atoms with van der Waals surface area (Å²) in [6.45, 7) is 0. The molecule has 0 bridgehead atoms. The molecular weight excluding hydrogens is 325 g/mol. The molecule has 3 nitrogen and oxygen atoms in total. The summed E-state index contributed by atoms with van der Waals surface area (Å²) in [4.78, 5) is 0. The Labute approximate surface area is 117 Å². The molecule has 7 heteroatoms. The van der Waals surface area contributed by atoms with Crippen LogP contribution in [0.4, 0.5) is 13.2 Å². The van der Waals surface area contributed by atoms with Crippen LogP contribution in [0.2, 0.25) is 0 Å². The van der Waals surface area contributed by atoms with Crippen molar-refractivity contribution in [3.8, 4) is 0 Å². The Balaban J connectivity index is 2.13. The summed E-state index contributed by atoms with van der Waals surface area (Å²) in [7, 11) is 0. The van der Waals surface area contributed by atoms with Crippen LogP contribution in [-0.4, -0.2) is 6.18 Å². The molecule has 2 rings (SSSR count). The normalized spacial score (nSPS) is 26.4. The molecular formula is C12H16BrF3N2O. The quantitative estimate of drug-likeness (QED) is 0.647. The van der Waals surface area contributed by atoms with Crippen molar-refractivity contribution in [2.45, 2.75) is 37.9 Å². The van der Waals surface area contributed by atoms with Crippen molar-refractivity contribution >= 4 is 15.9 Å². The van der Waals surface area contributed by atoms with Crippen molar-refractivity contribution in [1.82, 2.24) is 5.43 Å². The average Bonchev–Trinajstić information content (AvgIpc) is 2.76. The summed E-state index contributed by atoms with van der Waals surface area (Å²) in [5, 5.41) is 0. The van der Waals surface area contributed by atoms with E-state index in [4.69, 9.17) is 10.3 Å². The van der Waals surface area contributed by atoms with Gasteiger partial charge in [-0.2, -0.15) is 13.2 Å².